The fourth-order valence-corrected chi connectivity index (χ4v) is 5.70. The summed E-state index contributed by atoms with van der Waals surface area (Å²) in [5.41, 5.74) is 29.9. The van der Waals surface area contributed by atoms with E-state index in [9.17, 15) is 40.9 Å². The van der Waals surface area contributed by atoms with Crippen LogP contribution in [0.25, 0.3) is 0 Å². The molecule has 4 rings (SSSR count). The third-order valence-electron chi connectivity index (χ3n) is 8.32. The van der Waals surface area contributed by atoms with Gasteiger partial charge in [-0.15, -0.1) is 0 Å². The second-order valence-corrected chi connectivity index (χ2v) is 11.2. The average Bonchev–Trinajstić information content (AvgIpc) is 3.27. The quantitative estimate of drug-likeness (QED) is 0.114. The molecule has 1 saturated carbocycles. The molecule has 246 valence electrons. The average molecular weight is 616 g/mol. The van der Waals surface area contributed by atoms with Crippen LogP contribution in [0.4, 0.5) is 0 Å². The molecule has 0 amide bonds. The first kappa shape index (κ1) is 34.1. The van der Waals surface area contributed by atoms with Crippen molar-refractivity contribution in [1.82, 2.24) is 0 Å². The first-order valence-corrected chi connectivity index (χ1v) is 13.8. The molecule has 4 fully saturated rings. The van der Waals surface area contributed by atoms with Crippen molar-refractivity contribution in [2.75, 3.05) is 19.8 Å². The standard InChI is InChI=1S/C23H45N5O14/c24-2-7-13(32)15(34)10(27)21(37-7)41-19-9(4-30)39-23(17(19)36)42-20-12(31)5(25)1-6(26)18(20)40-22-11(28)16(35)14(33)8(3-29)38-22/h5-23,29-36H,1-4,24-28H2/t5-,6?,7?,8?,9-,10?,11?,12?,13-,14-,15?,16?,17?,18-,19?,20?,21-,22-,23+/m1/s1. The molecule has 3 heterocycles. The van der Waals surface area contributed by atoms with Gasteiger partial charge in [0, 0.05) is 18.6 Å². The Kier molecular flexibility index (Phi) is 11.5. The van der Waals surface area contributed by atoms with Crippen LogP contribution in [0.1, 0.15) is 6.42 Å². The van der Waals surface area contributed by atoms with Gasteiger partial charge in [-0.05, 0) is 6.42 Å². The van der Waals surface area contributed by atoms with Crippen LogP contribution in [0.5, 0.6) is 0 Å². The molecule has 3 saturated heterocycles. The molecule has 18 N–H and O–H groups in total. The van der Waals surface area contributed by atoms with Gasteiger partial charge in [0.1, 0.15) is 67.1 Å². The van der Waals surface area contributed by atoms with E-state index in [0.29, 0.717) is 0 Å². The molecule has 19 atom stereocenters. The molecule has 0 aromatic rings. The molecular weight excluding hydrogens is 570 g/mol. The van der Waals surface area contributed by atoms with Crippen LogP contribution in [0.15, 0.2) is 0 Å². The summed E-state index contributed by atoms with van der Waals surface area (Å²) in [5, 5.41) is 82.3. The van der Waals surface area contributed by atoms with Gasteiger partial charge in [0.05, 0.1) is 31.4 Å². The van der Waals surface area contributed by atoms with Crippen molar-refractivity contribution in [3.63, 3.8) is 0 Å². The van der Waals surface area contributed by atoms with Gasteiger partial charge in [0.25, 0.3) is 0 Å². The first-order valence-electron chi connectivity index (χ1n) is 13.8. The lowest BCUT2D eigenvalue weighted by molar-refractivity contribution is -0.310. The number of rotatable bonds is 9. The van der Waals surface area contributed by atoms with Crippen molar-refractivity contribution < 1.29 is 69.3 Å². The summed E-state index contributed by atoms with van der Waals surface area (Å²) in [7, 11) is 0. The van der Waals surface area contributed by atoms with Gasteiger partial charge in [-0.25, -0.2) is 0 Å². The lowest BCUT2D eigenvalue weighted by Gasteiger charge is -2.47. The van der Waals surface area contributed by atoms with Crippen LogP contribution in [-0.4, -0.2) is 177 Å². The van der Waals surface area contributed by atoms with Crippen LogP contribution in [-0.2, 0) is 28.4 Å². The zero-order valence-electron chi connectivity index (χ0n) is 22.7. The van der Waals surface area contributed by atoms with Crippen molar-refractivity contribution in [3.8, 4) is 0 Å². The monoisotopic (exact) mass is 615 g/mol. The summed E-state index contributed by atoms with van der Waals surface area (Å²) >= 11 is 0. The Bertz CT molecular complexity index is 866. The summed E-state index contributed by atoms with van der Waals surface area (Å²) < 4.78 is 34.4. The molecule has 0 radical (unpaired) electrons. The predicted molar refractivity (Wildman–Crippen MR) is 136 cm³/mol. The Hall–Kier alpha value is -0.760. The fourth-order valence-electron chi connectivity index (χ4n) is 5.70. The van der Waals surface area contributed by atoms with E-state index in [4.69, 9.17) is 57.1 Å². The molecule has 19 nitrogen and oxygen atoms in total. The van der Waals surface area contributed by atoms with E-state index >= 15 is 0 Å². The molecule has 19 heteroatoms. The molecule has 11 unspecified atom stereocenters. The Morgan fingerprint density at radius 2 is 1.00 bits per heavy atom. The normalized spacial score (nSPS) is 53.8. The van der Waals surface area contributed by atoms with Gasteiger partial charge in [0.15, 0.2) is 18.9 Å². The third kappa shape index (κ3) is 6.60. The topological polar surface area (TPSA) is 347 Å². The lowest BCUT2D eigenvalue weighted by atomic mass is 9.84. The molecule has 4 aliphatic rings. The summed E-state index contributed by atoms with van der Waals surface area (Å²) in [5.74, 6) is 0. The van der Waals surface area contributed by atoms with Crippen LogP contribution in [0.3, 0.4) is 0 Å². The Morgan fingerprint density at radius 3 is 1.55 bits per heavy atom. The number of hydrogen-bond acceptors (Lipinski definition) is 19. The van der Waals surface area contributed by atoms with E-state index in [1.165, 1.54) is 0 Å². The van der Waals surface area contributed by atoms with Crippen LogP contribution in [0, 0.1) is 0 Å². The van der Waals surface area contributed by atoms with Gasteiger partial charge in [-0.3, -0.25) is 0 Å². The maximum Gasteiger partial charge on any atom is 0.187 e. The minimum Gasteiger partial charge on any atom is -0.394 e. The van der Waals surface area contributed by atoms with E-state index in [1.807, 2.05) is 0 Å². The first-order chi connectivity index (χ1) is 19.8. The Morgan fingerprint density at radius 1 is 0.524 bits per heavy atom. The zero-order valence-corrected chi connectivity index (χ0v) is 22.7. The molecule has 0 aromatic heterocycles. The van der Waals surface area contributed by atoms with E-state index in [-0.39, 0.29) is 13.0 Å². The molecular formula is C23H45N5O14. The SMILES string of the molecule is NCC1O[C@H](OC2C(O)[C@H](OC3C(O)[C@H](N)CC(N)[C@H]3O[C@H]3OC(CO)[C@@H](O)C(O)C3N)O[C@@H]2CO)C(N)C(O)[C@@H]1O. The molecule has 1 aliphatic carbocycles. The molecule has 0 spiro atoms. The smallest absolute Gasteiger partial charge is 0.187 e. The summed E-state index contributed by atoms with van der Waals surface area (Å²) in [6.45, 7) is -1.49. The van der Waals surface area contributed by atoms with Crippen LogP contribution in [0.2, 0.25) is 0 Å². The lowest BCUT2D eigenvalue weighted by Crippen LogP contribution is -2.68. The van der Waals surface area contributed by atoms with Crippen molar-refractivity contribution in [1.29, 1.82) is 0 Å². The molecule has 3 aliphatic heterocycles. The number of hydrogen-bond donors (Lipinski definition) is 13. The predicted octanol–water partition coefficient (Wildman–Crippen LogP) is -8.86. The fraction of sp³-hybridized carbons (Fsp3) is 1.00. The maximum absolute atomic E-state index is 11.1. The highest BCUT2D eigenvalue weighted by atomic mass is 16.8. The van der Waals surface area contributed by atoms with E-state index < -0.39 is 129 Å². The number of ether oxygens (including phenoxy) is 6. The second kappa shape index (κ2) is 14.1. The Balaban J connectivity index is 1.50. The highest BCUT2D eigenvalue weighted by Crippen LogP contribution is 2.34. The highest BCUT2D eigenvalue weighted by molar-refractivity contribution is 5.02. The second-order valence-electron chi connectivity index (χ2n) is 11.2. The number of aliphatic hydroxyl groups is 8. The third-order valence-corrected chi connectivity index (χ3v) is 8.32. The number of aliphatic hydroxyl groups excluding tert-OH is 8. The van der Waals surface area contributed by atoms with Gasteiger partial charge in [0.2, 0.25) is 0 Å². The van der Waals surface area contributed by atoms with Crippen molar-refractivity contribution >= 4 is 0 Å². The summed E-state index contributed by atoms with van der Waals surface area (Å²) in [6, 6.07) is -4.30. The van der Waals surface area contributed by atoms with Crippen molar-refractivity contribution in [2.45, 2.75) is 123 Å². The van der Waals surface area contributed by atoms with Crippen LogP contribution < -0.4 is 28.7 Å². The van der Waals surface area contributed by atoms with E-state index in [0.717, 1.165) is 0 Å². The summed E-state index contributed by atoms with van der Waals surface area (Å²) in [6.07, 6.45) is -20.5. The zero-order chi connectivity index (χ0) is 31.0. The van der Waals surface area contributed by atoms with Gasteiger partial charge in [-0.1, -0.05) is 0 Å². The van der Waals surface area contributed by atoms with Crippen LogP contribution >= 0.6 is 0 Å². The summed E-state index contributed by atoms with van der Waals surface area (Å²) in [4.78, 5) is 0. The van der Waals surface area contributed by atoms with E-state index in [1.54, 1.807) is 0 Å². The van der Waals surface area contributed by atoms with E-state index in [2.05, 4.69) is 0 Å². The molecule has 42 heavy (non-hydrogen) atoms. The molecule has 0 aromatic carbocycles. The van der Waals surface area contributed by atoms with Crippen molar-refractivity contribution in [3.05, 3.63) is 0 Å². The van der Waals surface area contributed by atoms with Gasteiger partial charge >= 0.3 is 0 Å². The van der Waals surface area contributed by atoms with Gasteiger partial charge in [-0.2, -0.15) is 0 Å². The minimum atomic E-state index is -1.62. The highest BCUT2D eigenvalue weighted by Gasteiger charge is 2.54. The number of nitrogens with two attached hydrogens (primary N) is 5. The molecule has 0 bridgehead atoms. The van der Waals surface area contributed by atoms with Gasteiger partial charge < -0.3 is 97.9 Å². The largest absolute Gasteiger partial charge is 0.394 e. The Labute approximate surface area is 240 Å². The van der Waals surface area contributed by atoms with Crippen molar-refractivity contribution in [2.24, 2.45) is 28.7 Å². The maximum atomic E-state index is 11.1. The minimum absolute atomic E-state index is 0.0642.